The molecular formula is C50H89N11O15S. The van der Waals surface area contributed by atoms with Gasteiger partial charge in [0.15, 0.2) is 0 Å². The predicted molar refractivity (Wildman–Crippen MR) is 287 cm³/mol. The number of unbranched alkanes of at least 4 members (excludes halogenated alkanes) is 1. The quantitative estimate of drug-likeness (QED) is 0.0331. The maximum atomic E-state index is 14.2. The van der Waals surface area contributed by atoms with Crippen LogP contribution in [0.1, 0.15) is 133 Å². The highest BCUT2D eigenvalue weighted by molar-refractivity contribution is 7.98. The van der Waals surface area contributed by atoms with Crippen molar-refractivity contribution in [2.24, 2.45) is 41.1 Å². The van der Waals surface area contributed by atoms with Gasteiger partial charge in [-0.05, 0) is 86.7 Å². The van der Waals surface area contributed by atoms with Crippen LogP contribution in [0.15, 0.2) is 0 Å². The predicted octanol–water partition coefficient (Wildman–Crippen LogP) is -0.935. The van der Waals surface area contributed by atoms with Crippen molar-refractivity contribution in [2.45, 2.75) is 188 Å². The maximum Gasteiger partial charge on any atom is 0.326 e. The van der Waals surface area contributed by atoms with E-state index in [-0.39, 0.29) is 44.2 Å². The second-order valence-electron chi connectivity index (χ2n) is 20.3. The van der Waals surface area contributed by atoms with Crippen LogP contribution in [0.5, 0.6) is 0 Å². The third kappa shape index (κ3) is 26.7. The summed E-state index contributed by atoms with van der Waals surface area (Å²) < 4.78 is 0. The SMILES string of the molecule is CC[C@H](C)[C@H](NC(=O)CN)C(=O)N[C@H](C(=O)N[C@H](C(=O)N[C@@H](CC(C)C)C(=O)N[C@@H](CCSC)C(=O)N[C@H](C(=O)N[C@@H](CC(=O)O)C(=O)N[C@@H](CCC(=O)O)C(=O)N[C@@H](CCCCN)C(=O)O)C(C)C)[C@@H](C)CC)C(C)C. The monoisotopic (exact) mass is 1120 g/mol. The van der Waals surface area contributed by atoms with Crippen LogP contribution in [0.4, 0.5) is 0 Å². The molecule has 16 N–H and O–H groups in total. The van der Waals surface area contributed by atoms with Gasteiger partial charge in [-0.3, -0.25) is 52.7 Å². The molecule has 27 heteroatoms. The van der Waals surface area contributed by atoms with E-state index in [1.165, 1.54) is 25.6 Å². The molecule has 0 rings (SSSR count). The number of carboxylic acids is 3. The van der Waals surface area contributed by atoms with Gasteiger partial charge in [0.05, 0.1) is 13.0 Å². The van der Waals surface area contributed by atoms with Crippen molar-refractivity contribution in [1.82, 2.24) is 47.9 Å². The smallest absolute Gasteiger partial charge is 0.326 e. The molecule has 0 radical (unpaired) electrons. The Balaban J connectivity index is 6.69. The molecule has 0 fully saturated rings. The highest BCUT2D eigenvalue weighted by Gasteiger charge is 2.38. The molecule has 0 spiro atoms. The van der Waals surface area contributed by atoms with Gasteiger partial charge in [0.1, 0.15) is 54.4 Å². The summed E-state index contributed by atoms with van der Waals surface area (Å²) in [5.41, 5.74) is 11.0. The van der Waals surface area contributed by atoms with E-state index in [4.69, 9.17) is 11.5 Å². The average molecular weight is 1120 g/mol. The van der Waals surface area contributed by atoms with Gasteiger partial charge < -0.3 is 74.6 Å². The van der Waals surface area contributed by atoms with E-state index >= 15 is 0 Å². The van der Waals surface area contributed by atoms with Crippen LogP contribution in [-0.4, -0.2) is 166 Å². The number of hydrogen-bond acceptors (Lipinski definition) is 15. The van der Waals surface area contributed by atoms with Crippen LogP contribution >= 0.6 is 11.8 Å². The van der Waals surface area contributed by atoms with E-state index in [0.29, 0.717) is 31.4 Å². The molecule has 440 valence electrons. The Labute approximate surface area is 456 Å². The number of aliphatic carboxylic acids is 3. The second kappa shape index (κ2) is 36.9. The van der Waals surface area contributed by atoms with Gasteiger partial charge in [-0.25, -0.2) is 4.79 Å². The van der Waals surface area contributed by atoms with E-state index < -0.39 is 162 Å². The van der Waals surface area contributed by atoms with E-state index in [2.05, 4.69) is 47.9 Å². The molecule has 0 saturated carbocycles. The van der Waals surface area contributed by atoms with Gasteiger partial charge in [0, 0.05) is 6.42 Å². The summed E-state index contributed by atoms with van der Waals surface area (Å²) in [5, 5.41) is 51.6. The molecule has 0 aliphatic carbocycles. The molecule has 11 atom stereocenters. The first-order valence-corrected chi connectivity index (χ1v) is 27.7. The molecule has 0 bridgehead atoms. The second-order valence-corrected chi connectivity index (χ2v) is 21.3. The minimum Gasteiger partial charge on any atom is -0.481 e. The minimum atomic E-state index is -1.90. The number of thioether (sulfide) groups is 1. The van der Waals surface area contributed by atoms with Crippen LogP contribution < -0.4 is 59.3 Å². The lowest BCUT2D eigenvalue weighted by Gasteiger charge is -2.31. The summed E-state index contributed by atoms with van der Waals surface area (Å²) in [6.45, 7) is 17.1. The van der Waals surface area contributed by atoms with Crippen LogP contribution in [0, 0.1) is 29.6 Å². The third-order valence-electron chi connectivity index (χ3n) is 12.7. The molecule has 0 unspecified atom stereocenters. The summed E-state index contributed by atoms with van der Waals surface area (Å²) in [4.78, 5) is 159. The van der Waals surface area contributed by atoms with Gasteiger partial charge in [0.25, 0.3) is 0 Å². The van der Waals surface area contributed by atoms with Crippen molar-refractivity contribution < 1.29 is 72.9 Å². The van der Waals surface area contributed by atoms with Crippen LogP contribution in [0.2, 0.25) is 0 Å². The normalized spacial score (nSPS) is 15.6. The Morgan fingerprint density at radius 1 is 0.455 bits per heavy atom. The maximum absolute atomic E-state index is 14.2. The number of carbonyl (C=O) groups excluding carboxylic acids is 9. The first-order valence-electron chi connectivity index (χ1n) is 26.3. The molecule has 0 aliphatic rings. The Morgan fingerprint density at radius 2 is 0.857 bits per heavy atom. The van der Waals surface area contributed by atoms with Crippen molar-refractivity contribution in [3.63, 3.8) is 0 Å². The first kappa shape index (κ1) is 70.9. The Kier molecular flexibility index (Phi) is 33.9. The molecule has 0 aromatic rings. The van der Waals surface area contributed by atoms with Crippen LogP contribution in [-0.2, 0) is 57.5 Å². The number of nitrogens with two attached hydrogens (primary N) is 2. The third-order valence-corrected chi connectivity index (χ3v) is 13.4. The lowest BCUT2D eigenvalue weighted by Crippen LogP contribution is -2.62. The standard InChI is InChI=1S/C50H89N11O15S/c1-12-28(9)40(58-35(62)24-52)49(74)60-39(27(7)8)47(72)61-41(29(10)13-2)48(73)56-33(22-25(3)4)44(69)54-31(19-21-77-11)43(68)59-38(26(5)6)46(71)57-34(23-37(65)66)45(70)53-30(17-18-36(63)64)42(67)55-32(50(75)76)16-14-15-20-51/h25-34,38-41H,12-24,51-52H2,1-11H3,(H,53,70)(H,54,69)(H,55,67)(H,56,73)(H,57,71)(H,58,62)(H,59,68)(H,60,74)(H,61,72)(H,63,64)(H,65,66)(H,75,76)/t28-,29-,30-,31-,32-,33-,34-,38-,39-,40-,41-/m0/s1. The van der Waals surface area contributed by atoms with Gasteiger partial charge in [-0.2, -0.15) is 11.8 Å². The number of amides is 9. The van der Waals surface area contributed by atoms with E-state index in [0.717, 1.165) is 0 Å². The fourth-order valence-corrected chi connectivity index (χ4v) is 8.14. The molecule has 9 amide bonds. The summed E-state index contributed by atoms with van der Waals surface area (Å²) >= 11 is 1.34. The van der Waals surface area contributed by atoms with E-state index in [9.17, 15) is 72.9 Å². The molecule has 0 aromatic heterocycles. The Morgan fingerprint density at radius 3 is 1.31 bits per heavy atom. The molecule has 26 nitrogen and oxygen atoms in total. The van der Waals surface area contributed by atoms with Gasteiger partial charge in [0.2, 0.25) is 53.2 Å². The fourth-order valence-electron chi connectivity index (χ4n) is 7.66. The topological polar surface area (TPSA) is 426 Å². The van der Waals surface area contributed by atoms with E-state index in [1.54, 1.807) is 54.7 Å². The lowest BCUT2D eigenvalue weighted by molar-refractivity contribution is -0.144. The van der Waals surface area contributed by atoms with Crippen LogP contribution in [0.3, 0.4) is 0 Å². The van der Waals surface area contributed by atoms with Gasteiger partial charge in [-0.1, -0.05) is 82.1 Å². The van der Waals surface area contributed by atoms with E-state index in [1.807, 2.05) is 6.92 Å². The van der Waals surface area contributed by atoms with Gasteiger partial charge in [-0.15, -0.1) is 0 Å². The molecule has 0 saturated heterocycles. The average Bonchev–Trinajstić information content (AvgIpc) is 3.35. The zero-order chi connectivity index (χ0) is 59.3. The first-order chi connectivity index (χ1) is 36.0. The number of carbonyl (C=O) groups is 12. The summed E-state index contributed by atoms with van der Waals surface area (Å²) in [6.07, 6.45) is 1.23. The lowest BCUT2D eigenvalue weighted by atomic mass is 9.94. The molecule has 0 aromatic carbocycles. The molecular weight excluding hydrogens is 1030 g/mol. The minimum absolute atomic E-state index is 0.0226. The summed E-state index contributed by atoms with van der Waals surface area (Å²) in [7, 11) is 0. The number of hydrogen-bond donors (Lipinski definition) is 14. The summed E-state index contributed by atoms with van der Waals surface area (Å²) in [5.74, 6) is -13.8. The van der Waals surface area contributed by atoms with Crippen molar-refractivity contribution >= 4 is 82.8 Å². The van der Waals surface area contributed by atoms with Crippen molar-refractivity contribution in [1.29, 1.82) is 0 Å². The van der Waals surface area contributed by atoms with Crippen LogP contribution in [0.25, 0.3) is 0 Å². The van der Waals surface area contributed by atoms with Crippen molar-refractivity contribution in [3.05, 3.63) is 0 Å². The van der Waals surface area contributed by atoms with Crippen molar-refractivity contribution in [2.75, 3.05) is 25.1 Å². The number of carboxylic acid groups (broad SMARTS) is 3. The molecule has 77 heavy (non-hydrogen) atoms. The zero-order valence-electron chi connectivity index (χ0n) is 46.6. The zero-order valence-corrected chi connectivity index (χ0v) is 47.4. The number of rotatable bonds is 39. The van der Waals surface area contributed by atoms with Gasteiger partial charge >= 0.3 is 17.9 Å². The van der Waals surface area contributed by atoms with Crippen molar-refractivity contribution in [3.8, 4) is 0 Å². The fraction of sp³-hybridized carbons (Fsp3) is 0.760. The molecule has 0 heterocycles. The summed E-state index contributed by atoms with van der Waals surface area (Å²) in [6, 6.07) is -12.4. The molecule has 0 aliphatic heterocycles. The highest BCUT2D eigenvalue weighted by Crippen LogP contribution is 2.16. The number of nitrogens with one attached hydrogen (secondary N) is 9. The largest absolute Gasteiger partial charge is 0.481 e. The highest BCUT2D eigenvalue weighted by atomic mass is 32.2. The Bertz CT molecular complexity index is 1990. The Hall–Kier alpha value is -6.09.